The monoisotopic (exact) mass is 414 g/mol. The molecule has 0 radical (unpaired) electrons. The Kier molecular flexibility index (Phi) is 6.99. The normalized spacial score (nSPS) is 13.9. The zero-order valence-corrected chi connectivity index (χ0v) is 17.0. The van der Waals surface area contributed by atoms with E-state index in [9.17, 15) is 19.7 Å². The predicted molar refractivity (Wildman–Crippen MR) is 111 cm³/mol. The minimum absolute atomic E-state index is 0.0316. The SMILES string of the molecule is Cc1nc([N+](=O)[O-])cn1CCC(=O)NCCC(=O)N1CCN(c2ccccc2)CC1. The number of piperazine rings is 1. The van der Waals surface area contributed by atoms with Crippen LogP contribution in [0.15, 0.2) is 36.5 Å². The Hall–Kier alpha value is -3.43. The molecule has 0 aliphatic carbocycles. The number of benzene rings is 1. The van der Waals surface area contributed by atoms with Gasteiger partial charge in [0.1, 0.15) is 6.20 Å². The van der Waals surface area contributed by atoms with Crippen molar-refractivity contribution in [1.82, 2.24) is 19.8 Å². The van der Waals surface area contributed by atoms with Gasteiger partial charge in [0.2, 0.25) is 17.6 Å². The highest BCUT2D eigenvalue weighted by Gasteiger charge is 2.21. The van der Waals surface area contributed by atoms with E-state index in [1.165, 1.54) is 6.20 Å². The van der Waals surface area contributed by atoms with Crippen LogP contribution in [0.3, 0.4) is 0 Å². The number of rotatable bonds is 8. The van der Waals surface area contributed by atoms with Crippen LogP contribution in [-0.4, -0.2) is 63.9 Å². The Morgan fingerprint density at radius 3 is 2.47 bits per heavy atom. The van der Waals surface area contributed by atoms with E-state index < -0.39 is 4.92 Å². The Morgan fingerprint density at radius 2 is 1.83 bits per heavy atom. The molecular weight excluding hydrogens is 388 g/mol. The second-order valence-electron chi connectivity index (χ2n) is 7.15. The van der Waals surface area contributed by atoms with E-state index in [0.717, 1.165) is 18.8 Å². The average Bonchev–Trinajstić information content (AvgIpc) is 3.14. The molecule has 1 aromatic heterocycles. The zero-order valence-electron chi connectivity index (χ0n) is 17.0. The quantitative estimate of drug-likeness (QED) is 0.515. The highest BCUT2D eigenvalue weighted by atomic mass is 16.6. The maximum absolute atomic E-state index is 12.4. The first-order chi connectivity index (χ1) is 14.4. The van der Waals surface area contributed by atoms with E-state index in [1.54, 1.807) is 11.5 Å². The van der Waals surface area contributed by atoms with Crippen molar-refractivity contribution in [1.29, 1.82) is 0 Å². The standard InChI is InChI=1S/C20H26N6O4/c1-16-22-18(26(29)30)15-25(16)10-8-19(27)21-9-7-20(28)24-13-11-23(12-14-24)17-5-3-2-4-6-17/h2-6,15H,7-14H2,1H3,(H,21,27). The van der Waals surface area contributed by atoms with E-state index >= 15 is 0 Å². The molecule has 1 aromatic carbocycles. The number of aryl methyl sites for hydroxylation is 2. The van der Waals surface area contributed by atoms with Crippen LogP contribution < -0.4 is 10.2 Å². The van der Waals surface area contributed by atoms with Gasteiger partial charge in [0, 0.05) is 64.7 Å². The number of amides is 2. The smallest absolute Gasteiger partial charge is 0.368 e. The number of nitro groups is 1. The molecule has 10 heteroatoms. The number of aromatic nitrogens is 2. The van der Waals surface area contributed by atoms with Crippen molar-refractivity contribution in [3.63, 3.8) is 0 Å². The van der Waals surface area contributed by atoms with Crippen LogP contribution in [0.2, 0.25) is 0 Å². The number of nitrogens with zero attached hydrogens (tertiary/aromatic N) is 5. The van der Waals surface area contributed by atoms with Gasteiger partial charge in [-0.2, -0.15) is 0 Å². The van der Waals surface area contributed by atoms with Crippen molar-refractivity contribution in [2.24, 2.45) is 0 Å². The third-order valence-electron chi connectivity index (χ3n) is 5.14. The molecule has 0 spiro atoms. The first kappa shape index (κ1) is 21.3. The van der Waals surface area contributed by atoms with Crippen LogP contribution in [0, 0.1) is 17.0 Å². The number of para-hydroxylation sites is 1. The highest BCUT2D eigenvalue weighted by molar-refractivity contribution is 5.79. The fourth-order valence-corrected chi connectivity index (χ4v) is 3.44. The summed E-state index contributed by atoms with van der Waals surface area (Å²) in [5, 5.41) is 13.5. The molecule has 2 heterocycles. The summed E-state index contributed by atoms with van der Waals surface area (Å²) >= 11 is 0. The number of anilines is 1. The molecule has 160 valence electrons. The molecule has 1 N–H and O–H groups in total. The summed E-state index contributed by atoms with van der Waals surface area (Å²) in [6.45, 7) is 5.15. The average molecular weight is 414 g/mol. The van der Waals surface area contributed by atoms with Crippen LogP contribution in [-0.2, 0) is 16.1 Å². The molecule has 30 heavy (non-hydrogen) atoms. The molecule has 1 aliphatic heterocycles. The maximum Gasteiger partial charge on any atom is 0.381 e. The summed E-state index contributed by atoms with van der Waals surface area (Å²) in [7, 11) is 0. The summed E-state index contributed by atoms with van der Waals surface area (Å²) in [6, 6.07) is 10.1. The fourth-order valence-electron chi connectivity index (χ4n) is 3.44. The van der Waals surface area contributed by atoms with E-state index in [1.807, 2.05) is 23.1 Å². The predicted octanol–water partition coefficient (Wildman–Crippen LogP) is 1.34. The number of hydrogen-bond donors (Lipinski definition) is 1. The lowest BCUT2D eigenvalue weighted by molar-refractivity contribution is -0.389. The number of carbonyl (C=O) groups is 2. The Balaban J connectivity index is 1.34. The topological polar surface area (TPSA) is 114 Å². The molecule has 1 saturated heterocycles. The van der Waals surface area contributed by atoms with E-state index in [4.69, 9.17) is 0 Å². The zero-order chi connectivity index (χ0) is 21.5. The molecular formula is C20H26N6O4. The maximum atomic E-state index is 12.4. The van der Waals surface area contributed by atoms with Gasteiger partial charge in [-0.05, 0) is 22.0 Å². The van der Waals surface area contributed by atoms with E-state index in [-0.39, 0.29) is 37.0 Å². The van der Waals surface area contributed by atoms with E-state index in [2.05, 4.69) is 27.3 Å². The van der Waals surface area contributed by atoms with Gasteiger partial charge in [0.05, 0.1) is 0 Å². The number of nitrogens with one attached hydrogen (secondary N) is 1. The van der Waals surface area contributed by atoms with Crippen molar-refractivity contribution < 1.29 is 14.5 Å². The Labute approximate surface area is 174 Å². The highest BCUT2D eigenvalue weighted by Crippen LogP contribution is 2.16. The van der Waals surface area contributed by atoms with Gasteiger partial charge in [-0.3, -0.25) is 9.59 Å². The molecule has 0 bridgehead atoms. The van der Waals surface area contributed by atoms with Crippen LogP contribution >= 0.6 is 0 Å². The molecule has 0 unspecified atom stereocenters. The molecule has 1 fully saturated rings. The van der Waals surface area contributed by atoms with Gasteiger partial charge >= 0.3 is 5.82 Å². The van der Waals surface area contributed by atoms with Crippen LogP contribution in [0.5, 0.6) is 0 Å². The second-order valence-corrected chi connectivity index (χ2v) is 7.15. The molecule has 10 nitrogen and oxygen atoms in total. The lowest BCUT2D eigenvalue weighted by Gasteiger charge is -2.36. The van der Waals surface area contributed by atoms with Crippen LogP contribution in [0.25, 0.3) is 0 Å². The first-order valence-electron chi connectivity index (χ1n) is 9.96. The van der Waals surface area contributed by atoms with E-state index in [0.29, 0.717) is 25.5 Å². The number of carbonyl (C=O) groups excluding carboxylic acids is 2. The fraction of sp³-hybridized carbons (Fsp3) is 0.450. The largest absolute Gasteiger partial charge is 0.381 e. The second kappa shape index (κ2) is 9.86. The van der Waals surface area contributed by atoms with Gasteiger partial charge in [-0.15, -0.1) is 0 Å². The number of imidazole rings is 1. The van der Waals surface area contributed by atoms with Gasteiger partial charge in [0.15, 0.2) is 0 Å². The van der Waals surface area contributed by atoms with Gasteiger partial charge < -0.3 is 29.8 Å². The summed E-state index contributed by atoms with van der Waals surface area (Å²) in [5.74, 6) is 0.0849. The van der Waals surface area contributed by atoms with Gasteiger partial charge in [-0.1, -0.05) is 18.2 Å². The van der Waals surface area contributed by atoms with Crippen LogP contribution in [0.1, 0.15) is 18.7 Å². The van der Waals surface area contributed by atoms with Crippen molar-refractivity contribution in [3.8, 4) is 0 Å². The third kappa shape index (κ3) is 5.56. The number of hydrogen-bond acceptors (Lipinski definition) is 6. The minimum Gasteiger partial charge on any atom is -0.368 e. The molecule has 2 amide bonds. The Bertz CT molecular complexity index is 890. The van der Waals surface area contributed by atoms with Crippen molar-refractivity contribution in [3.05, 3.63) is 52.5 Å². The lowest BCUT2D eigenvalue weighted by Crippen LogP contribution is -2.49. The first-order valence-corrected chi connectivity index (χ1v) is 9.96. The molecule has 0 atom stereocenters. The molecule has 2 aromatic rings. The Morgan fingerprint density at radius 1 is 1.13 bits per heavy atom. The third-order valence-corrected chi connectivity index (χ3v) is 5.14. The lowest BCUT2D eigenvalue weighted by atomic mass is 10.2. The summed E-state index contributed by atoms with van der Waals surface area (Å²) in [4.78, 5) is 42.5. The summed E-state index contributed by atoms with van der Waals surface area (Å²) in [6.07, 6.45) is 1.74. The minimum atomic E-state index is -0.561. The molecule has 0 saturated carbocycles. The van der Waals surface area contributed by atoms with Crippen molar-refractivity contribution >= 4 is 23.3 Å². The summed E-state index contributed by atoms with van der Waals surface area (Å²) in [5.41, 5.74) is 1.16. The molecule has 1 aliphatic rings. The van der Waals surface area contributed by atoms with Gasteiger partial charge in [-0.25, -0.2) is 0 Å². The van der Waals surface area contributed by atoms with Gasteiger partial charge in [0.25, 0.3) is 0 Å². The van der Waals surface area contributed by atoms with Crippen molar-refractivity contribution in [2.45, 2.75) is 26.3 Å². The van der Waals surface area contributed by atoms with Crippen molar-refractivity contribution in [2.75, 3.05) is 37.6 Å². The summed E-state index contributed by atoms with van der Waals surface area (Å²) < 4.78 is 1.58. The molecule has 3 rings (SSSR count). The van der Waals surface area contributed by atoms with Crippen LogP contribution in [0.4, 0.5) is 11.5 Å².